The summed E-state index contributed by atoms with van der Waals surface area (Å²) in [5.41, 5.74) is 7.47. The molecule has 2 N–H and O–H groups in total. The van der Waals surface area contributed by atoms with Gasteiger partial charge in [-0.25, -0.2) is 0 Å². The number of carbonyl (C=O) groups excluding carboxylic acids is 1. The maximum atomic E-state index is 11.6. The molecule has 0 fully saturated rings. The summed E-state index contributed by atoms with van der Waals surface area (Å²) in [5, 5.41) is 0. The first-order valence-electron chi connectivity index (χ1n) is 5.45. The maximum absolute atomic E-state index is 11.6. The molecule has 4 heteroatoms. The van der Waals surface area contributed by atoms with E-state index >= 15 is 0 Å². The Hall–Kier alpha value is -1.55. The lowest BCUT2D eigenvalue weighted by Gasteiger charge is -2.27. The van der Waals surface area contributed by atoms with Crippen LogP contribution in [0.1, 0.15) is 12.0 Å². The van der Waals surface area contributed by atoms with Gasteiger partial charge in [0, 0.05) is 20.0 Å². The van der Waals surface area contributed by atoms with Crippen molar-refractivity contribution in [2.45, 2.75) is 12.8 Å². The number of aryl methyl sites for hydroxylation is 1. The molecule has 16 heavy (non-hydrogen) atoms. The summed E-state index contributed by atoms with van der Waals surface area (Å²) in [6, 6.07) is 5.87. The van der Waals surface area contributed by atoms with E-state index in [1.54, 1.807) is 11.9 Å². The number of nitrogens with two attached hydrogens (primary N) is 1. The Morgan fingerprint density at radius 2 is 2.25 bits per heavy atom. The number of fused-ring (bicyclic) bond motifs is 1. The second kappa shape index (κ2) is 4.53. The molecule has 0 bridgehead atoms. The number of amides is 1. The fraction of sp³-hybridized carbons (Fsp3) is 0.417. The normalized spacial score (nSPS) is 14.9. The third kappa shape index (κ3) is 1.88. The molecule has 0 saturated heterocycles. The van der Waals surface area contributed by atoms with Gasteiger partial charge < -0.3 is 15.4 Å². The minimum absolute atomic E-state index is 0.135. The second-order valence-electron chi connectivity index (χ2n) is 3.85. The highest BCUT2D eigenvalue weighted by atomic mass is 16.5. The van der Waals surface area contributed by atoms with Gasteiger partial charge in [0.2, 0.25) is 5.91 Å². The average molecular weight is 220 g/mol. The van der Waals surface area contributed by atoms with E-state index in [9.17, 15) is 4.79 Å². The van der Waals surface area contributed by atoms with Crippen LogP contribution < -0.4 is 15.4 Å². The molecule has 1 heterocycles. The fourth-order valence-corrected chi connectivity index (χ4v) is 1.97. The van der Waals surface area contributed by atoms with Gasteiger partial charge in [-0.05, 0) is 18.1 Å². The molecule has 0 aliphatic carbocycles. The van der Waals surface area contributed by atoms with Gasteiger partial charge in [0.1, 0.15) is 12.4 Å². The Labute approximate surface area is 95.0 Å². The first-order chi connectivity index (χ1) is 7.74. The topological polar surface area (TPSA) is 55.6 Å². The summed E-state index contributed by atoms with van der Waals surface area (Å²) >= 11 is 0. The zero-order valence-corrected chi connectivity index (χ0v) is 9.40. The number of nitrogens with zero attached hydrogens (tertiary/aromatic N) is 1. The molecule has 0 radical (unpaired) electrons. The van der Waals surface area contributed by atoms with Gasteiger partial charge in [-0.3, -0.25) is 4.79 Å². The highest BCUT2D eigenvalue weighted by molar-refractivity contribution is 5.97. The minimum Gasteiger partial charge on any atom is -0.490 e. The summed E-state index contributed by atoms with van der Waals surface area (Å²) in [5.74, 6) is 0.884. The highest BCUT2D eigenvalue weighted by Crippen LogP contribution is 2.35. The highest BCUT2D eigenvalue weighted by Gasteiger charge is 2.23. The largest absolute Gasteiger partial charge is 0.490 e. The van der Waals surface area contributed by atoms with Gasteiger partial charge >= 0.3 is 0 Å². The van der Waals surface area contributed by atoms with Crippen LogP contribution in [0.4, 0.5) is 5.69 Å². The lowest BCUT2D eigenvalue weighted by molar-refractivity contribution is -0.118. The molecular weight excluding hydrogens is 204 g/mol. The minimum atomic E-state index is 0.135. The Morgan fingerprint density at radius 3 is 3.00 bits per heavy atom. The molecular formula is C12H16N2O2. The summed E-state index contributed by atoms with van der Waals surface area (Å²) < 4.78 is 5.55. The Morgan fingerprint density at radius 1 is 1.44 bits per heavy atom. The molecule has 0 saturated carbocycles. The van der Waals surface area contributed by atoms with Gasteiger partial charge in [-0.1, -0.05) is 12.1 Å². The number of rotatable bonds is 3. The van der Waals surface area contributed by atoms with Crippen LogP contribution in [0, 0.1) is 0 Å². The monoisotopic (exact) mass is 220 g/mol. The zero-order chi connectivity index (χ0) is 11.5. The van der Waals surface area contributed by atoms with Crippen LogP contribution in [0.3, 0.4) is 0 Å². The molecule has 1 aliphatic heterocycles. The van der Waals surface area contributed by atoms with Crippen LogP contribution >= 0.6 is 0 Å². The summed E-state index contributed by atoms with van der Waals surface area (Å²) in [7, 11) is 1.79. The maximum Gasteiger partial charge on any atom is 0.227 e. The van der Waals surface area contributed by atoms with E-state index in [4.69, 9.17) is 10.5 Å². The van der Waals surface area contributed by atoms with Gasteiger partial charge in [-0.2, -0.15) is 0 Å². The van der Waals surface area contributed by atoms with E-state index in [-0.39, 0.29) is 5.91 Å². The predicted octanol–water partition coefficient (Wildman–Crippen LogP) is 0.933. The van der Waals surface area contributed by atoms with Crippen molar-refractivity contribution in [3.05, 3.63) is 23.8 Å². The van der Waals surface area contributed by atoms with E-state index in [1.807, 2.05) is 18.2 Å². The van der Waals surface area contributed by atoms with Crippen molar-refractivity contribution in [1.82, 2.24) is 0 Å². The summed E-state index contributed by atoms with van der Waals surface area (Å²) in [6.07, 6.45) is 1.36. The molecule has 0 spiro atoms. The first kappa shape index (κ1) is 11.0. The molecule has 1 aromatic carbocycles. The summed E-state index contributed by atoms with van der Waals surface area (Å²) in [4.78, 5) is 13.3. The molecule has 1 amide bonds. The molecule has 86 valence electrons. The standard InChI is InChI=1S/C12H16N2O2/c1-14-11(15)6-5-9-3-2-4-10(12(9)14)16-8-7-13/h2-4H,5-8,13H2,1H3. The number of carbonyl (C=O) groups is 1. The van der Waals surface area contributed by atoms with Crippen molar-refractivity contribution in [3.63, 3.8) is 0 Å². The van der Waals surface area contributed by atoms with Crippen LogP contribution in [0.5, 0.6) is 5.75 Å². The van der Waals surface area contributed by atoms with E-state index < -0.39 is 0 Å². The number of anilines is 1. The van der Waals surface area contributed by atoms with Crippen molar-refractivity contribution in [2.75, 3.05) is 25.1 Å². The predicted molar refractivity (Wildman–Crippen MR) is 62.7 cm³/mol. The average Bonchev–Trinajstić information content (AvgIpc) is 2.31. The van der Waals surface area contributed by atoms with Gasteiger partial charge in [0.25, 0.3) is 0 Å². The summed E-state index contributed by atoms with van der Waals surface area (Å²) in [6.45, 7) is 0.944. The second-order valence-corrected chi connectivity index (χ2v) is 3.85. The third-order valence-corrected chi connectivity index (χ3v) is 2.78. The molecule has 4 nitrogen and oxygen atoms in total. The van der Waals surface area contributed by atoms with Crippen LogP contribution in [-0.2, 0) is 11.2 Å². The molecule has 0 atom stereocenters. The Bertz CT molecular complexity index is 404. The molecule has 0 aromatic heterocycles. The van der Waals surface area contributed by atoms with Crippen LogP contribution in [-0.4, -0.2) is 26.1 Å². The molecule has 1 aromatic rings. The van der Waals surface area contributed by atoms with Gasteiger partial charge in [0.15, 0.2) is 0 Å². The van der Waals surface area contributed by atoms with Crippen molar-refractivity contribution < 1.29 is 9.53 Å². The van der Waals surface area contributed by atoms with Gasteiger partial charge in [0.05, 0.1) is 5.69 Å². The lowest BCUT2D eigenvalue weighted by atomic mass is 10.0. The van der Waals surface area contributed by atoms with E-state index in [0.29, 0.717) is 19.6 Å². The SMILES string of the molecule is CN1C(=O)CCc2cccc(OCCN)c21. The number of hydrogen-bond acceptors (Lipinski definition) is 3. The van der Waals surface area contributed by atoms with Crippen LogP contribution in [0.25, 0.3) is 0 Å². The van der Waals surface area contributed by atoms with Crippen molar-refractivity contribution in [3.8, 4) is 5.75 Å². The fourth-order valence-electron chi connectivity index (χ4n) is 1.97. The zero-order valence-electron chi connectivity index (χ0n) is 9.40. The van der Waals surface area contributed by atoms with Crippen molar-refractivity contribution in [1.29, 1.82) is 0 Å². The smallest absolute Gasteiger partial charge is 0.227 e. The van der Waals surface area contributed by atoms with Gasteiger partial charge in [-0.15, -0.1) is 0 Å². The van der Waals surface area contributed by atoms with E-state index in [1.165, 1.54) is 0 Å². The number of para-hydroxylation sites is 1. The van der Waals surface area contributed by atoms with Crippen LogP contribution in [0.2, 0.25) is 0 Å². The Kier molecular flexibility index (Phi) is 3.10. The first-order valence-corrected chi connectivity index (χ1v) is 5.45. The molecule has 1 aliphatic rings. The van der Waals surface area contributed by atoms with Crippen molar-refractivity contribution >= 4 is 11.6 Å². The van der Waals surface area contributed by atoms with E-state index in [2.05, 4.69) is 0 Å². The van der Waals surface area contributed by atoms with Crippen LogP contribution in [0.15, 0.2) is 18.2 Å². The molecule has 0 unspecified atom stereocenters. The van der Waals surface area contributed by atoms with E-state index in [0.717, 1.165) is 23.4 Å². The number of hydrogen-bond donors (Lipinski definition) is 1. The lowest BCUT2D eigenvalue weighted by Crippen LogP contribution is -2.31. The number of benzene rings is 1. The molecule has 2 rings (SSSR count). The van der Waals surface area contributed by atoms with Crippen molar-refractivity contribution in [2.24, 2.45) is 5.73 Å². The quantitative estimate of drug-likeness (QED) is 0.824. The third-order valence-electron chi connectivity index (χ3n) is 2.78. The Balaban J connectivity index is 2.36. The number of ether oxygens (including phenoxy) is 1.